The summed E-state index contributed by atoms with van der Waals surface area (Å²) in [5.74, 6) is -0.166. The van der Waals surface area contributed by atoms with Crippen LogP contribution in [0.3, 0.4) is 0 Å². The van der Waals surface area contributed by atoms with Crippen LogP contribution in [0, 0.1) is 5.82 Å². The molecule has 1 fully saturated rings. The summed E-state index contributed by atoms with van der Waals surface area (Å²) >= 11 is 0. The topological polar surface area (TPSA) is 12.5 Å². The van der Waals surface area contributed by atoms with Crippen molar-refractivity contribution in [3.63, 3.8) is 0 Å². The van der Waals surface area contributed by atoms with Gasteiger partial charge in [-0.1, -0.05) is 30.3 Å². The Balaban J connectivity index is 1.93. The molecule has 2 heteroatoms. The van der Waals surface area contributed by atoms with Crippen molar-refractivity contribution >= 4 is 0 Å². The first kappa shape index (κ1) is 9.37. The van der Waals surface area contributed by atoms with Gasteiger partial charge in [0.15, 0.2) is 0 Å². The fraction of sp³-hybridized carbons (Fsp3) is 0.200. The number of rotatable bonds is 0. The quantitative estimate of drug-likeness (QED) is 0.626. The van der Waals surface area contributed by atoms with Crippen LogP contribution in [0.5, 0.6) is 0 Å². The number of halogens is 1. The van der Waals surface area contributed by atoms with Crippen LogP contribution in [0.15, 0.2) is 42.5 Å². The van der Waals surface area contributed by atoms with Gasteiger partial charge in [0.2, 0.25) is 0 Å². The molecule has 17 heavy (non-hydrogen) atoms. The van der Waals surface area contributed by atoms with Gasteiger partial charge in [0.25, 0.3) is 0 Å². The molecule has 0 bridgehead atoms. The van der Waals surface area contributed by atoms with Crippen LogP contribution in [0.25, 0.3) is 0 Å². The van der Waals surface area contributed by atoms with Crippen LogP contribution in [0.1, 0.15) is 34.5 Å². The summed E-state index contributed by atoms with van der Waals surface area (Å²) in [4.78, 5) is 0. The van der Waals surface area contributed by atoms with E-state index in [9.17, 15) is 4.39 Å². The van der Waals surface area contributed by atoms with E-state index in [-0.39, 0.29) is 18.0 Å². The minimum absolute atomic E-state index is 0.134. The van der Waals surface area contributed by atoms with E-state index in [2.05, 4.69) is 12.1 Å². The van der Waals surface area contributed by atoms with Crippen molar-refractivity contribution in [1.82, 2.24) is 0 Å². The van der Waals surface area contributed by atoms with E-state index in [0.29, 0.717) is 0 Å². The first-order valence-electron chi connectivity index (χ1n) is 5.84. The van der Waals surface area contributed by atoms with Crippen molar-refractivity contribution in [3.05, 3.63) is 70.5 Å². The summed E-state index contributed by atoms with van der Waals surface area (Å²) < 4.78 is 19.0. The minimum atomic E-state index is -0.166. The van der Waals surface area contributed by atoms with Gasteiger partial charge in [-0.05, 0) is 40.8 Å². The number of ether oxygens (including phenoxy) is 1. The third-order valence-corrected chi connectivity index (χ3v) is 3.65. The maximum atomic E-state index is 13.3. The molecule has 84 valence electrons. The van der Waals surface area contributed by atoms with Crippen molar-refractivity contribution in [2.45, 2.75) is 18.6 Å². The van der Waals surface area contributed by atoms with Crippen molar-refractivity contribution in [3.8, 4) is 0 Å². The van der Waals surface area contributed by atoms with E-state index >= 15 is 0 Å². The van der Waals surface area contributed by atoms with Gasteiger partial charge in [0.05, 0.1) is 0 Å². The minimum Gasteiger partial charge on any atom is -0.359 e. The van der Waals surface area contributed by atoms with Gasteiger partial charge < -0.3 is 4.74 Å². The maximum absolute atomic E-state index is 13.3. The average Bonchev–Trinajstić information content (AvgIpc) is 3.09. The van der Waals surface area contributed by atoms with E-state index < -0.39 is 0 Å². The smallest absolute Gasteiger partial charge is 0.123 e. The summed E-state index contributed by atoms with van der Waals surface area (Å²) in [5.41, 5.74) is 4.72. The lowest BCUT2D eigenvalue weighted by Gasteiger charge is -2.07. The maximum Gasteiger partial charge on any atom is 0.123 e. The molecule has 2 unspecified atom stereocenters. The second-order valence-corrected chi connectivity index (χ2v) is 4.70. The predicted octanol–water partition coefficient (Wildman–Crippen LogP) is 3.54. The highest BCUT2D eigenvalue weighted by Gasteiger charge is 2.45. The molecule has 0 N–H and O–H groups in total. The molecule has 0 amide bonds. The lowest BCUT2D eigenvalue weighted by atomic mass is 10.00. The molecule has 1 aliphatic heterocycles. The lowest BCUT2D eigenvalue weighted by Crippen LogP contribution is -1.95. The summed E-state index contributed by atoms with van der Waals surface area (Å²) in [5, 5.41) is 0. The molecular formula is C15H11FO. The molecule has 2 aromatic carbocycles. The van der Waals surface area contributed by atoms with Gasteiger partial charge in [-0.3, -0.25) is 0 Å². The Kier molecular flexibility index (Phi) is 1.75. The summed E-state index contributed by atoms with van der Waals surface area (Å²) in [6.07, 6.45) is 1.12. The molecule has 1 saturated heterocycles. The Labute approximate surface area is 98.9 Å². The normalized spacial score (nSPS) is 24.3. The van der Waals surface area contributed by atoms with E-state index in [1.807, 2.05) is 18.2 Å². The molecule has 0 spiro atoms. The van der Waals surface area contributed by atoms with Crippen molar-refractivity contribution in [1.29, 1.82) is 0 Å². The summed E-state index contributed by atoms with van der Waals surface area (Å²) in [7, 11) is 0. The zero-order valence-corrected chi connectivity index (χ0v) is 9.19. The Hall–Kier alpha value is -1.67. The van der Waals surface area contributed by atoms with Crippen molar-refractivity contribution in [2.75, 3.05) is 0 Å². The first-order chi connectivity index (χ1) is 8.33. The number of epoxide rings is 1. The predicted molar refractivity (Wildman–Crippen MR) is 62.2 cm³/mol. The third-order valence-electron chi connectivity index (χ3n) is 3.65. The molecule has 0 aromatic heterocycles. The monoisotopic (exact) mass is 226 g/mol. The molecule has 0 saturated carbocycles. The number of hydrogen-bond donors (Lipinski definition) is 0. The Morgan fingerprint density at radius 2 is 1.71 bits per heavy atom. The van der Waals surface area contributed by atoms with E-state index in [4.69, 9.17) is 4.74 Å². The van der Waals surface area contributed by atoms with Crippen LogP contribution < -0.4 is 0 Å². The van der Waals surface area contributed by atoms with Gasteiger partial charge >= 0.3 is 0 Å². The van der Waals surface area contributed by atoms with Gasteiger partial charge in [0.1, 0.15) is 18.0 Å². The van der Waals surface area contributed by atoms with E-state index in [0.717, 1.165) is 17.5 Å². The molecule has 1 heterocycles. The highest BCUT2D eigenvalue weighted by molar-refractivity contribution is 5.46. The summed E-state index contributed by atoms with van der Waals surface area (Å²) in [6, 6.07) is 13.3. The Bertz CT molecular complexity index is 606. The Morgan fingerprint density at radius 3 is 2.59 bits per heavy atom. The van der Waals surface area contributed by atoms with Gasteiger partial charge in [-0.25, -0.2) is 4.39 Å². The molecular weight excluding hydrogens is 215 g/mol. The van der Waals surface area contributed by atoms with Gasteiger partial charge in [0, 0.05) is 0 Å². The largest absolute Gasteiger partial charge is 0.359 e. The molecule has 2 atom stereocenters. The first-order valence-corrected chi connectivity index (χ1v) is 5.84. The van der Waals surface area contributed by atoms with Crippen LogP contribution in [0.2, 0.25) is 0 Å². The fourth-order valence-electron chi connectivity index (χ4n) is 2.77. The van der Waals surface area contributed by atoms with Gasteiger partial charge in [-0.2, -0.15) is 0 Å². The average molecular weight is 226 g/mol. The molecule has 4 rings (SSSR count). The molecule has 0 radical (unpaired) electrons. The van der Waals surface area contributed by atoms with Crippen LogP contribution in [0.4, 0.5) is 4.39 Å². The zero-order chi connectivity index (χ0) is 11.4. The second-order valence-electron chi connectivity index (χ2n) is 4.70. The van der Waals surface area contributed by atoms with E-state index in [1.165, 1.54) is 17.2 Å². The Morgan fingerprint density at radius 1 is 0.941 bits per heavy atom. The van der Waals surface area contributed by atoms with Crippen molar-refractivity contribution < 1.29 is 9.13 Å². The van der Waals surface area contributed by atoms with Crippen LogP contribution in [-0.2, 0) is 11.2 Å². The number of hydrogen-bond acceptors (Lipinski definition) is 1. The highest BCUT2D eigenvalue weighted by atomic mass is 19.1. The van der Waals surface area contributed by atoms with Gasteiger partial charge in [-0.15, -0.1) is 0 Å². The summed E-state index contributed by atoms with van der Waals surface area (Å²) in [6.45, 7) is 0. The standard InChI is InChI=1S/C15H11FO/c16-11-5-6-13-10(8-11)7-9-3-1-2-4-12(9)14-15(13)17-14/h1-6,8,14-15H,7H2. The number of fused-ring (bicyclic) bond motifs is 5. The third kappa shape index (κ3) is 1.34. The molecule has 1 nitrogen and oxygen atoms in total. The van der Waals surface area contributed by atoms with E-state index in [1.54, 1.807) is 6.07 Å². The zero-order valence-electron chi connectivity index (χ0n) is 9.19. The van der Waals surface area contributed by atoms with Crippen LogP contribution in [-0.4, -0.2) is 0 Å². The molecule has 2 aromatic rings. The molecule has 2 aliphatic rings. The second kappa shape index (κ2) is 3.17. The number of benzene rings is 2. The highest BCUT2D eigenvalue weighted by Crippen LogP contribution is 2.54. The lowest BCUT2D eigenvalue weighted by molar-refractivity contribution is 0.374. The van der Waals surface area contributed by atoms with Crippen molar-refractivity contribution in [2.24, 2.45) is 0 Å². The fourth-order valence-corrected chi connectivity index (χ4v) is 2.77. The molecule has 1 aliphatic carbocycles. The van der Waals surface area contributed by atoms with Crippen LogP contribution >= 0.6 is 0 Å². The SMILES string of the molecule is Fc1ccc2c(c1)Cc1ccccc1C1OC21.